The maximum absolute atomic E-state index is 12.1. The van der Waals surface area contributed by atoms with Crippen molar-refractivity contribution in [2.75, 3.05) is 14.2 Å². The first-order valence-electron chi connectivity index (χ1n) is 5.56. The molecular weight excluding hydrogens is 270 g/mol. The SMILES string of the molecule is COC(=O)C(C)NS(=O)(=O)c1ccc(OC)c(C)c1. The molecule has 7 heteroatoms. The monoisotopic (exact) mass is 287 g/mol. The van der Waals surface area contributed by atoms with Crippen LogP contribution in [0, 0.1) is 6.92 Å². The van der Waals surface area contributed by atoms with Crippen LogP contribution in [0.2, 0.25) is 0 Å². The molecule has 1 aromatic carbocycles. The number of carbonyl (C=O) groups excluding carboxylic acids is 1. The zero-order valence-corrected chi connectivity index (χ0v) is 12.1. The second kappa shape index (κ2) is 6.03. The molecule has 0 spiro atoms. The van der Waals surface area contributed by atoms with E-state index in [9.17, 15) is 13.2 Å². The molecule has 0 aliphatic heterocycles. The van der Waals surface area contributed by atoms with Gasteiger partial charge in [-0.25, -0.2) is 8.42 Å². The number of rotatable bonds is 5. The highest BCUT2D eigenvalue weighted by atomic mass is 32.2. The Morgan fingerprint density at radius 1 is 1.32 bits per heavy atom. The molecule has 0 radical (unpaired) electrons. The van der Waals surface area contributed by atoms with Gasteiger partial charge in [0.1, 0.15) is 11.8 Å². The molecule has 1 rings (SSSR count). The van der Waals surface area contributed by atoms with Crippen LogP contribution in [0.4, 0.5) is 0 Å². The summed E-state index contributed by atoms with van der Waals surface area (Å²) in [6.07, 6.45) is 0. The lowest BCUT2D eigenvalue weighted by Crippen LogP contribution is -2.39. The van der Waals surface area contributed by atoms with Gasteiger partial charge in [0, 0.05) is 0 Å². The predicted octanol–water partition coefficient (Wildman–Crippen LogP) is 0.843. The standard InChI is InChI=1S/C12H17NO5S/c1-8-7-10(5-6-11(8)17-3)19(15,16)13-9(2)12(14)18-4/h5-7,9,13H,1-4H3. The first-order valence-corrected chi connectivity index (χ1v) is 7.05. The third-order valence-electron chi connectivity index (χ3n) is 2.56. The number of methoxy groups -OCH3 is 2. The quantitative estimate of drug-likeness (QED) is 0.812. The summed E-state index contributed by atoms with van der Waals surface area (Å²) in [5.74, 6) is -0.0474. The van der Waals surface area contributed by atoms with E-state index in [1.807, 2.05) is 0 Å². The van der Waals surface area contributed by atoms with Crippen molar-refractivity contribution in [3.8, 4) is 5.75 Å². The minimum Gasteiger partial charge on any atom is -0.496 e. The van der Waals surface area contributed by atoms with Crippen molar-refractivity contribution in [1.82, 2.24) is 4.72 Å². The second-order valence-electron chi connectivity index (χ2n) is 4.00. The van der Waals surface area contributed by atoms with Crippen LogP contribution in [0.1, 0.15) is 12.5 Å². The van der Waals surface area contributed by atoms with Gasteiger partial charge in [0.05, 0.1) is 19.1 Å². The van der Waals surface area contributed by atoms with Gasteiger partial charge in [-0.05, 0) is 37.6 Å². The van der Waals surface area contributed by atoms with Crippen molar-refractivity contribution < 1.29 is 22.7 Å². The highest BCUT2D eigenvalue weighted by Crippen LogP contribution is 2.21. The molecule has 0 amide bonds. The van der Waals surface area contributed by atoms with Crippen LogP contribution in [0.15, 0.2) is 23.1 Å². The summed E-state index contributed by atoms with van der Waals surface area (Å²) >= 11 is 0. The number of benzene rings is 1. The van der Waals surface area contributed by atoms with Crippen LogP contribution in [0.25, 0.3) is 0 Å². The molecule has 0 fully saturated rings. The van der Waals surface area contributed by atoms with E-state index in [1.165, 1.54) is 33.3 Å². The molecule has 0 aromatic heterocycles. The van der Waals surface area contributed by atoms with Crippen LogP contribution in [-0.4, -0.2) is 34.6 Å². The summed E-state index contributed by atoms with van der Waals surface area (Å²) in [4.78, 5) is 11.3. The van der Waals surface area contributed by atoms with E-state index in [-0.39, 0.29) is 4.90 Å². The van der Waals surface area contributed by atoms with E-state index in [0.717, 1.165) is 0 Å². The zero-order chi connectivity index (χ0) is 14.6. The van der Waals surface area contributed by atoms with Gasteiger partial charge in [-0.2, -0.15) is 4.72 Å². The molecule has 1 unspecified atom stereocenters. The van der Waals surface area contributed by atoms with E-state index in [1.54, 1.807) is 13.0 Å². The normalized spacial score (nSPS) is 12.8. The largest absolute Gasteiger partial charge is 0.496 e. The van der Waals surface area contributed by atoms with E-state index in [0.29, 0.717) is 11.3 Å². The molecule has 0 aliphatic carbocycles. The highest BCUT2D eigenvalue weighted by Gasteiger charge is 2.22. The fraction of sp³-hybridized carbons (Fsp3) is 0.417. The van der Waals surface area contributed by atoms with Gasteiger partial charge < -0.3 is 9.47 Å². The fourth-order valence-electron chi connectivity index (χ4n) is 1.54. The summed E-state index contributed by atoms with van der Waals surface area (Å²) < 4.78 is 35.9. The van der Waals surface area contributed by atoms with Crippen molar-refractivity contribution in [1.29, 1.82) is 0 Å². The molecule has 1 aromatic rings. The second-order valence-corrected chi connectivity index (χ2v) is 5.71. The molecule has 1 N–H and O–H groups in total. The average Bonchev–Trinajstić information content (AvgIpc) is 2.37. The van der Waals surface area contributed by atoms with Crippen molar-refractivity contribution in [3.05, 3.63) is 23.8 Å². The molecule has 0 saturated heterocycles. The van der Waals surface area contributed by atoms with Gasteiger partial charge in [-0.15, -0.1) is 0 Å². The van der Waals surface area contributed by atoms with Crippen molar-refractivity contribution >= 4 is 16.0 Å². The summed E-state index contributed by atoms with van der Waals surface area (Å²) in [7, 11) is -1.06. The third kappa shape index (κ3) is 3.68. The Labute approximate surface area is 112 Å². The Hall–Kier alpha value is -1.60. The minimum absolute atomic E-state index is 0.0709. The molecule has 1 atom stereocenters. The minimum atomic E-state index is -3.77. The molecule has 0 aliphatic rings. The van der Waals surface area contributed by atoms with E-state index < -0.39 is 22.0 Å². The Kier molecular flexibility index (Phi) is 4.90. The maximum Gasteiger partial charge on any atom is 0.323 e. The summed E-state index contributed by atoms with van der Waals surface area (Å²) in [6.45, 7) is 3.15. The van der Waals surface area contributed by atoms with Gasteiger partial charge in [-0.1, -0.05) is 0 Å². The lowest BCUT2D eigenvalue weighted by molar-refractivity contribution is -0.142. The molecule has 0 bridgehead atoms. The van der Waals surface area contributed by atoms with Crippen LogP contribution in [0.5, 0.6) is 5.75 Å². The number of aryl methyl sites for hydroxylation is 1. The van der Waals surface area contributed by atoms with Crippen LogP contribution >= 0.6 is 0 Å². The predicted molar refractivity (Wildman–Crippen MR) is 69.5 cm³/mol. The van der Waals surface area contributed by atoms with Crippen LogP contribution in [-0.2, 0) is 19.6 Å². The number of carbonyl (C=O) groups is 1. The van der Waals surface area contributed by atoms with Gasteiger partial charge >= 0.3 is 5.97 Å². The lowest BCUT2D eigenvalue weighted by atomic mass is 10.2. The van der Waals surface area contributed by atoms with E-state index in [2.05, 4.69) is 9.46 Å². The number of hydrogen-bond acceptors (Lipinski definition) is 5. The number of hydrogen-bond donors (Lipinski definition) is 1. The summed E-state index contributed by atoms with van der Waals surface area (Å²) in [6, 6.07) is 3.51. The number of ether oxygens (including phenoxy) is 2. The average molecular weight is 287 g/mol. The third-order valence-corrected chi connectivity index (χ3v) is 4.10. The number of esters is 1. The lowest BCUT2D eigenvalue weighted by Gasteiger charge is -2.13. The number of nitrogens with one attached hydrogen (secondary N) is 1. The summed E-state index contributed by atoms with van der Waals surface area (Å²) in [5.41, 5.74) is 0.691. The maximum atomic E-state index is 12.1. The molecule has 0 saturated carbocycles. The Balaban J connectivity index is 3.01. The molecule has 0 heterocycles. The van der Waals surface area contributed by atoms with Crippen LogP contribution in [0.3, 0.4) is 0 Å². The molecule has 106 valence electrons. The highest BCUT2D eigenvalue weighted by molar-refractivity contribution is 7.89. The Morgan fingerprint density at radius 3 is 2.42 bits per heavy atom. The zero-order valence-electron chi connectivity index (χ0n) is 11.3. The van der Waals surface area contributed by atoms with Gasteiger partial charge in [0.15, 0.2) is 0 Å². The molecule has 6 nitrogen and oxygen atoms in total. The van der Waals surface area contributed by atoms with Gasteiger partial charge in [0.25, 0.3) is 0 Å². The topological polar surface area (TPSA) is 81.7 Å². The van der Waals surface area contributed by atoms with Crippen LogP contribution < -0.4 is 9.46 Å². The van der Waals surface area contributed by atoms with Gasteiger partial charge in [-0.3, -0.25) is 4.79 Å². The fourth-order valence-corrected chi connectivity index (χ4v) is 2.82. The smallest absolute Gasteiger partial charge is 0.323 e. The Bertz CT molecular complexity index is 567. The molecular formula is C12H17NO5S. The first kappa shape index (κ1) is 15.5. The Morgan fingerprint density at radius 2 is 1.95 bits per heavy atom. The van der Waals surface area contributed by atoms with Crippen molar-refractivity contribution in [3.63, 3.8) is 0 Å². The molecule has 19 heavy (non-hydrogen) atoms. The van der Waals surface area contributed by atoms with Gasteiger partial charge in [0.2, 0.25) is 10.0 Å². The van der Waals surface area contributed by atoms with Crippen molar-refractivity contribution in [2.24, 2.45) is 0 Å². The van der Waals surface area contributed by atoms with Crippen molar-refractivity contribution in [2.45, 2.75) is 24.8 Å². The first-order chi connectivity index (χ1) is 8.81. The van der Waals surface area contributed by atoms with E-state index >= 15 is 0 Å². The van der Waals surface area contributed by atoms with E-state index in [4.69, 9.17) is 4.74 Å². The number of sulfonamides is 1. The summed E-state index contributed by atoms with van der Waals surface area (Å²) in [5, 5.41) is 0.